The van der Waals surface area contributed by atoms with Crippen molar-refractivity contribution in [2.75, 3.05) is 0 Å². The second-order valence-corrected chi connectivity index (χ2v) is 4.58. The highest BCUT2D eigenvalue weighted by Gasteiger charge is 2.48. The molecule has 2 aliphatic rings. The fourth-order valence-electron chi connectivity index (χ4n) is 2.56. The highest BCUT2D eigenvalue weighted by atomic mass is 16.6. The van der Waals surface area contributed by atoms with Gasteiger partial charge in [-0.05, 0) is 6.08 Å². The molecule has 7 nitrogen and oxygen atoms in total. The maximum absolute atomic E-state index is 12.5. The van der Waals surface area contributed by atoms with Gasteiger partial charge in [-0.15, -0.1) is 0 Å². The number of allylic oxidation sites excluding steroid dienone is 2. The zero-order valence-corrected chi connectivity index (χ0v) is 10.5. The predicted octanol–water partition coefficient (Wildman–Crippen LogP) is 1.25. The highest BCUT2D eigenvalue weighted by Crippen LogP contribution is 2.32. The molecule has 0 aliphatic heterocycles. The Morgan fingerprint density at radius 1 is 1.10 bits per heavy atom. The van der Waals surface area contributed by atoms with E-state index in [1.807, 2.05) is 0 Å². The number of carbonyl (C=O) groups is 2. The molecule has 1 aromatic rings. The second kappa shape index (κ2) is 4.43. The fraction of sp³-hybridized carbons (Fsp3) is 0.0714. The van der Waals surface area contributed by atoms with Crippen LogP contribution in [0, 0.1) is 10.1 Å². The molecule has 0 bridgehead atoms. The minimum Gasteiger partial charge on any atom is -0.361 e. The Kier molecular flexibility index (Phi) is 2.71. The van der Waals surface area contributed by atoms with Crippen molar-refractivity contribution < 1.29 is 19.3 Å². The van der Waals surface area contributed by atoms with Gasteiger partial charge in [0.1, 0.15) is 0 Å². The summed E-state index contributed by atoms with van der Waals surface area (Å²) in [5.41, 5.74) is 8.66. The normalized spacial score (nSPS) is 20.0. The Hall–Kier alpha value is -3.18. The Bertz CT molecular complexity index is 828. The quantitative estimate of drug-likeness (QED) is 0.333. The van der Waals surface area contributed by atoms with Gasteiger partial charge in [0.2, 0.25) is 0 Å². The van der Waals surface area contributed by atoms with Crippen LogP contribution in [0.1, 0.15) is 20.7 Å². The Balaban J connectivity index is 2.30. The number of nitro groups is 1. The average molecular weight is 281 g/mol. The first kappa shape index (κ1) is 12.8. The van der Waals surface area contributed by atoms with Crippen molar-refractivity contribution in [3.8, 4) is 0 Å². The summed E-state index contributed by atoms with van der Waals surface area (Å²) in [6, 6.07) is 4.51. The van der Waals surface area contributed by atoms with Crippen LogP contribution in [0.5, 0.6) is 0 Å². The van der Waals surface area contributed by atoms with E-state index >= 15 is 0 Å². The van der Waals surface area contributed by atoms with Crippen molar-refractivity contribution in [1.29, 1.82) is 0 Å². The zero-order chi connectivity index (χ0) is 15.1. The van der Waals surface area contributed by atoms with Gasteiger partial charge in [-0.3, -0.25) is 19.7 Å². The number of rotatable bonds is 1. The smallest absolute Gasteiger partial charge is 0.361 e. The van der Waals surface area contributed by atoms with Crippen LogP contribution < -0.4 is 0 Å². The predicted molar refractivity (Wildman–Crippen MR) is 70.7 cm³/mol. The van der Waals surface area contributed by atoms with E-state index in [1.54, 1.807) is 12.1 Å². The molecule has 0 saturated heterocycles. The van der Waals surface area contributed by atoms with Crippen molar-refractivity contribution >= 4 is 17.3 Å². The van der Waals surface area contributed by atoms with E-state index in [-0.39, 0.29) is 28.0 Å². The van der Waals surface area contributed by atoms with Gasteiger partial charge >= 0.3 is 11.8 Å². The standard InChI is InChI=1S/C14H7N3O4/c15-16-10-6-5-9-11(12(10)17(20)21)14(19)8-4-2-1-3-7(8)13(9)18/h1-6,12H. The van der Waals surface area contributed by atoms with Crippen LogP contribution in [-0.2, 0) is 0 Å². The van der Waals surface area contributed by atoms with E-state index in [0.29, 0.717) is 0 Å². The lowest BCUT2D eigenvalue weighted by molar-refractivity contribution is -0.494. The number of hydrogen-bond donors (Lipinski definition) is 0. The summed E-state index contributed by atoms with van der Waals surface area (Å²) in [7, 11) is 0. The molecule has 0 spiro atoms. The molecule has 21 heavy (non-hydrogen) atoms. The van der Waals surface area contributed by atoms with Gasteiger partial charge in [-0.25, -0.2) is 0 Å². The van der Waals surface area contributed by atoms with E-state index < -0.39 is 22.5 Å². The molecular weight excluding hydrogens is 274 g/mol. The third-order valence-electron chi connectivity index (χ3n) is 3.50. The molecule has 1 atom stereocenters. The first-order valence-electron chi connectivity index (χ1n) is 6.02. The molecule has 7 heteroatoms. The SMILES string of the molecule is [N-]=[N+]=C1C=CC2=C(C(=O)c3ccccc3C2=O)C1[N+](=O)[O-]. The molecule has 0 N–H and O–H groups in total. The monoisotopic (exact) mass is 281 g/mol. The third kappa shape index (κ3) is 1.69. The molecule has 1 unspecified atom stereocenters. The van der Waals surface area contributed by atoms with E-state index in [0.717, 1.165) is 0 Å². The molecular formula is C14H7N3O4. The van der Waals surface area contributed by atoms with Crippen LogP contribution >= 0.6 is 0 Å². The van der Waals surface area contributed by atoms with Crippen LogP contribution in [0.3, 0.4) is 0 Å². The number of Topliss-reactive ketones (excluding diaryl/α,β-unsaturated/α-hetero) is 2. The van der Waals surface area contributed by atoms with Gasteiger partial charge in [0.05, 0.1) is 5.57 Å². The van der Waals surface area contributed by atoms with E-state index in [9.17, 15) is 19.7 Å². The average Bonchev–Trinajstić information content (AvgIpc) is 2.51. The van der Waals surface area contributed by atoms with Gasteiger partial charge in [-0.2, -0.15) is 4.79 Å². The number of fused-ring (bicyclic) bond motifs is 1. The van der Waals surface area contributed by atoms with Crippen molar-refractivity contribution in [1.82, 2.24) is 0 Å². The molecule has 3 rings (SSSR count). The van der Waals surface area contributed by atoms with Gasteiger partial charge in [0, 0.05) is 27.7 Å². The topological polar surface area (TPSA) is 114 Å². The number of hydrogen-bond acceptors (Lipinski definition) is 4. The molecule has 0 aromatic heterocycles. The summed E-state index contributed by atoms with van der Waals surface area (Å²) in [5.74, 6) is -1.03. The van der Waals surface area contributed by atoms with E-state index in [1.165, 1.54) is 24.3 Å². The lowest BCUT2D eigenvalue weighted by Crippen LogP contribution is -2.40. The van der Waals surface area contributed by atoms with E-state index in [4.69, 9.17) is 5.53 Å². The molecule has 0 heterocycles. The lowest BCUT2D eigenvalue weighted by Gasteiger charge is -2.21. The fourth-order valence-corrected chi connectivity index (χ4v) is 2.56. The molecule has 0 radical (unpaired) electrons. The summed E-state index contributed by atoms with van der Waals surface area (Å²) in [6.45, 7) is 0. The van der Waals surface area contributed by atoms with E-state index in [2.05, 4.69) is 4.79 Å². The number of carbonyl (C=O) groups excluding carboxylic acids is 2. The van der Waals surface area contributed by atoms with Crippen LogP contribution in [0.2, 0.25) is 0 Å². The van der Waals surface area contributed by atoms with Crippen LogP contribution in [0.25, 0.3) is 5.53 Å². The number of benzene rings is 1. The summed E-state index contributed by atoms with van der Waals surface area (Å²) < 4.78 is 0. The number of ketones is 2. The summed E-state index contributed by atoms with van der Waals surface area (Å²) in [5, 5.41) is 11.2. The number of nitrogens with zero attached hydrogens (tertiary/aromatic N) is 3. The molecule has 2 aliphatic carbocycles. The van der Waals surface area contributed by atoms with Crippen LogP contribution in [0.15, 0.2) is 47.6 Å². The highest BCUT2D eigenvalue weighted by molar-refractivity contribution is 6.31. The first-order chi connectivity index (χ1) is 10.1. The Morgan fingerprint density at radius 3 is 2.29 bits per heavy atom. The Labute approximate surface area is 118 Å². The summed E-state index contributed by atoms with van der Waals surface area (Å²) in [6.07, 6.45) is 2.45. The van der Waals surface area contributed by atoms with Crippen LogP contribution in [0.4, 0.5) is 0 Å². The minimum absolute atomic E-state index is 0.0206. The first-order valence-corrected chi connectivity index (χ1v) is 6.02. The molecule has 102 valence electrons. The molecule has 0 fully saturated rings. The lowest BCUT2D eigenvalue weighted by atomic mass is 9.77. The summed E-state index contributed by atoms with van der Waals surface area (Å²) in [4.78, 5) is 38.2. The van der Waals surface area contributed by atoms with Crippen molar-refractivity contribution in [2.45, 2.75) is 6.04 Å². The zero-order valence-electron chi connectivity index (χ0n) is 10.5. The Morgan fingerprint density at radius 2 is 1.71 bits per heavy atom. The summed E-state index contributed by atoms with van der Waals surface area (Å²) >= 11 is 0. The van der Waals surface area contributed by atoms with Crippen molar-refractivity contribution in [3.63, 3.8) is 0 Å². The molecule has 1 aromatic carbocycles. The van der Waals surface area contributed by atoms with Gasteiger partial charge < -0.3 is 5.53 Å². The van der Waals surface area contributed by atoms with Gasteiger partial charge in [0.25, 0.3) is 0 Å². The minimum atomic E-state index is -1.64. The maximum Gasteiger partial charge on any atom is 0.370 e. The van der Waals surface area contributed by atoms with Gasteiger partial charge in [-0.1, -0.05) is 24.3 Å². The van der Waals surface area contributed by atoms with Gasteiger partial charge in [0.15, 0.2) is 11.6 Å². The van der Waals surface area contributed by atoms with Crippen molar-refractivity contribution in [3.05, 3.63) is 74.3 Å². The second-order valence-electron chi connectivity index (χ2n) is 4.58. The maximum atomic E-state index is 12.5. The van der Waals surface area contributed by atoms with Crippen molar-refractivity contribution in [2.24, 2.45) is 0 Å². The van der Waals surface area contributed by atoms with Crippen LogP contribution in [-0.4, -0.2) is 33.0 Å². The molecule has 0 amide bonds. The third-order valence-corrected chi connectivity index (χ3v) is 3.50. The largest absolute Gasteiger partial charge is 0.370 e. The molecule has 0 saturated carbocycles.